The first-order valence-corrected chi connectivity index (χ1v) is 12.1. The molecule has 1 amide bonds. The molecule has 2 heterocycles. The summed E-state index contributed by atoms with van der Waals surface area (Å²) < 4.78 is 10.7. The molecular weight excluding hydrogens is 410 g/mol. The highest BCUT2D eigenvalue weighted by atomic mass is 32.1. The van der Waals surface area contributed by atoms with E-state index in [0.29, 0.717) is 24.5 Å². The van der Waals surface area contributed by atoms with Gasteiger partial charge >= 0.3 is 5.97 Å². The lowest BCUT2D eigenvalue weighted by molar-refractivity contribution is -0.120. The first kappa shape index (κ1) is 23.5. The van der Waals surface area contributed by atoms with Crippen molar-refractivity contribution in [3.05, 3.63) is 51.7 Å². The van der Waals surface area contributed by atoms with Gasteiger partial charge in [0.2, 0.25) is 5.91 Å². The summed E-state index contributed by atoms with van der Waals surface area (Å²) in [6.45, 7) is 3.14. The van der Waals surface area contributed by atoms with Gasteiger partial charge in [0.15, 0.2) is 0 Å². The predicted octanol–water partition coefficient (Wildman–Crippen LogP) is 5.76. The molecule has 168 valence electrons. The van der Waals surface area contributed by atoms with Gasteiger partial charge in [0.05, 0.1) is 26.4 Å². The van der Waals surface area contributed by atoms with Crippen molar-refractivity contribution in [3.8, 4) is 0 Å². The average molecular weight is 444 g/mol. The number of ether oxygens (including phenoxy) is 2. The van der Waals surface area contributed by atoms with E-state index >= 15 is 0 Å². The SMILES string of the molecule is CCCCCCc1ccc(N2C(=O)CCCC2COCc2ccc(C(=O)OC)s2)cc1. The monoisotopic (exact) mass is 443 g/mol. The van der Waals surface area contributed by atoms with Gasteiger partial charge in [0, 0.05) is 17.0 Å². The molecule has 2 aromatic rings. The summed E-state index contributed by atoms with van der Waals surface area (Å²) in [7, 11) is 1.38. The number of aryl methyl sites for hydroxylation is 1. The number of hydrogen-bond acceptors (Lipinski definition) is 5. The molecule has 31 heavy (non-hydrogen) atoms. The molecule has 1 atom stereocenters. The lowest BCUT2D eigenvalue weighted by Gasteiger charge is -2.35. The van der Waals surface area contributed by atoms with Gasteiger partial charge in [-0.3, -0.25) is 4.79 Å². The van der Waals surface area contributed by atoms with Gasteiger partial charge in [0.25, 0.3) is 0 Å². The van der Waals surface area contributed by atoms with Crippen molar-refractivity contribution in [2.24, 2.45) is 0 Å². The molecule has 0 radical (unpaired) electrons. The molecular formula is C25H33NO4S. The summed E-state index contributed by atoms with van der Waals surface area (Å²) in [5, 5.41) is 0. The second-order valence-electron chi connectivity index (χ2n) is 8.06. The molecule has 1 fully saturated rings. The third kappa shape index (κ3) is 6.65. The number of unbranched alkanes of at least 4 members (excludes halogenated alkanes) is 3. The molecule has 1 aromatic heterocycles. The Morgan fingerprint density at radius 2 is 1.94 bits per heavy atom. The minimum Gasteiger partial charge on any atom is -0.465 e. The molecule has 0 aliphatic carbocycles. The van der Waals surface area contributed by atoms with Crippen molar-refractivity contribution in [1.29, 1.82) is 0 Å². The fourth-order valence-electron chi connectivity index (χ4n) is 4.00. The fourth-order valence-corrected chi connectivity index (χ4v) is 4.86. The number of anilines is 1. The summed E-state index contributed by atoms with van der Waals surface area (Å²) in [6.07, 6.45) is 8.53. The quantitative estimate of drug-likeness (QED) is 0.327. The van der Waals surface area contributed by atoms with Crippen LogP contribution in [0.1, 0.15) is 72.0 Å². The van der Waals surface area contributed by atoms with Crippen LogP contribution >= 0.6 is 11.3 Å². The summed E-state index contributed by atoms with van der Waals surface area (Å²) in [5.74, 6) is -0.159. The maximum atomic E-state index is 12.7. The van der Waals surface area contributed by atoms with Crippen LogP contribution in [-0.2, 0) is 27.3 Å². The van der Waals surface area contributed by atoms with Gasteiger partial charge < -0.3 is 14.4 Å². The predicted molar refractivity (Wildman–Crippen MR) is 125 cm³/mol. The molecule has 0 bridgehead atoms. The van der Waals surface area contributed by atoms with E-state index in [0.717, 1.165) is 29.8 Å². The molecule has 5 nitrogen and oxygen atoms in total. The summed E-state index contributed by atoms with van der Waals surface area (Å²) >= 11 is 1.38. The van der Waals surface area contributed by atoms with Crippen molar-refractivity contribution in [1.82, 2.24) is 0 Å². The van der Waals surface area contributed by atoms with Gasteiger partial charge in [-0.1, -0.05) is 38.3 Å². The number of piperidine rings is 1. The van der Waals surface area contributed by atoms with Gasteiger partial charge in [-0.2, -0.15) is 0 Å². The molecule has 0 saturated carbocycles. The molecule has 0 spiro atoms. The molecule has 1 aromatic carbocycles. The van der Waals surface area contributed by atoms with E-state index < -0.39 is 0 Å². The van der Waals surface area contributed by atoms with Crippen LogP contribution in [0.2, 0.25) is 0 Å². The second-order valence-corrected chi connectivity index (χ2v) is 9.23. The van der Waals surface area contributed by atoms with Gasteiger partial charge in [0.1, 0.15) is 4.88 Å². The molecule has 1 saturated heterocycles. The minimum atomic E-state index is -0.325. The zero-order valence-electron chi connectivity index (χ0n) is 18.6. The first-order chi connectivity index (χ1) is 15.1. The van der Waals surface area contributed by atoms with Gasteiger partial charge in [-0.05, 0) is 55.5 Å². The third-order valence-corrected chi connectivity index (χ3v) is 6.74. The van der Waals surface area contributed by atoms with E-state index in [-0.39, 0.29) is 17.9 Å². The summed E-state index contributed by atoms with van der Waals surface area (Å²) in [5.41, 5.74) is 2.29. The third-order valence-electron chi connectivity index (χ3n) is 5.70. The van der Waals surface area contributed by atoms with Crippen molar-refractivity contribution in [3.63, 3.8) is 0 Å². The Balaban J connectivity index is 1.56. The van der Waals surface area contributed by atoms with Crippen molar-refractivity contribution >= 4 is 28.9 Å². The summed E-state index contributed by atoms with van der Waals surface area (Å²) in [6, 6.07) is 12.1. The number of carbonyl (C=O) groups is 2. The lowest BCUT2D eigenvalue weighted by Crippen LogP contribution is -2.46. The molecule has 1 unspecified atom stereocenters. The highest BCUT2D eigenvalue weighted by molar-refractivity contribution is 7.13. The highest BCUT2D eigenvalue weighted by Gasteiger charge is 2.29. The molecule has 0 N–H and O–H groups in total. The van der Waals surface area contributed by atoms with Crippen LogP contribution in [-0.4, -0.2) is 31.6 Å². The first-order valence-electron chi connectivity index (χ1n) is 11.3. The standard InChI is InChI=1S/C25H33NO4S/c1-3-4-5-6-8-19-11-13-20(14-12-19)26-21(9-7-10-24(26)27)17-30-18-22-15-16-23(31-22)25(28)29-2/h11-16,21H,3-10,17-18H2,1-2H3. The summed E-state index contributed by atoms with van der Waals surface area (Å²) in [4.78, 5) is 27.8. The van der Waals surface area contributed by atoms with E-state index in [1.807, 2.05) is 11.0 Å². The number of benzene rings is 1. The van der Waals surface area contributed by atoms with Gasteiger partial charge in [-0.25, -0.2) is 4.79 Å². The number of nitrogens with zero attached hydrogens (tertiary/aromatic N) is 1. The van der Waals surface area contributed by atoms with Crippen LogP contribution in [0.25, 0.3) is 0 Å². The zero-order chi connectivity index (χ0) is 22.1. The number of amides is 1. The number of rotatable bonds is 11. The Labute approximate surface area is 189 Å². The Kier molecular flexibility index (Phi) is 9.10. The van der Waals surface area contributed by atoms with Crippen LogP contribution < -0.4 is 4.90 Å². The maximum Gasteiger partial charge on any atom is 0.348 e. The smallest absolute Gasteiger partial charge is 0.348 e. The van der Waals surface area contributed by atoms with Crippen molar-refractivity contribution in [2.75, 3.05) is 18.6 Å². The number of thiophene rings is 1. The fraction of sp³-hybridized carbons (Fsp3) is 0.520. The Morgan fingerprint density at radius 3 is 2.68 bits per heavy atom. The Bertz CT molecular complexity index is 845. The number of methoxy groups -OCH3 is 1. The van der Waals surface area contributed by atoms with E-state index in [9.17, 15) is 9.59 Å². The van der Waals surface area contributed by atoms with Crippen molar-refractivity contribution < 1.29 is 19.1 Å². The number of hydrogen-bond donors (Lipinski definition) is 0. The lowest BCUT2D eigenvalue weighted by atomic mass is 10.00. The number of esters is 1. The number of carbonyl (C=O) groups excluding carboxylic acids is 2. The van der Waals surface area contributed by atoms with Crippen molar-refractivity contribution in [2.45, 2.75) is 70.9 Å². The van der Waals surface area contributed by atoms with Crippen LogP contribution in [0, 0.1) is 0 Å². The van der Waals surface area contributed by atoms with E-state index in [2.05, 4.69) is 31.2 Å². The van der Waals surface area contributed by atoms with Crippen LogP contribution in [0.15, 0.2) is 36.4 Å². The molecule has 1 aliphatic rings. The van der Waals surface area contributed by atoms with E-state index in [1.54, 1.807) is 6.07 Å². The maximum absolute atomic E-state index is 12.7. The normalized spacial score (nSPS) is 16.5. The molecule has 6 heteroatoms. The zero-order valence-corrected chi connectivity index (χ0v) is 19.4. The van der Waals surface area contributed by atoms with Gasteiger partial charge in [-0.15, -0.1) is 11.3 Å². The minimum absolute atomic E-state index is 0.0386. The second kappa shape index (κ2) is 12.0. The topological polar surface area (TPSA) is 55.8 Å². The van der Waals surface area contributed by atoms with E-state index in [4.69, 9.17) is 9.47 Å². The Hall–Kier alpha value is -2.18. The average Bonchev–Trinajstić information content (AvgIpc) is 3.26. The molecule has 1 aliphatic heterocycles. The Morgan fingerprint density at radius 1 is 1.13 bits per heavy atom. The van der Waals surface area contributed by atoms with E-state index in [1.165, 1.54) is 49.7 Å². The largest absolute Gasteiger partial charge is 0.465 e. The van der Waals surface area contributed by atoms with Crippen LogP contribution in [0.4, 0.5) is 5.69 Å². The highest BCUT2D eigenvalue weighted by Crippen LogP contribution is 2.27. The van der Waals surface area contributed by atoms with Crippen LogP contribution in [0.5, 0.6) is 0 Å². The molecule has 3 rings (SSSR count). The van der Waals surface area contributed by atoms with Crippen LogP contribution in [0.3, 0.4) is 0 Å².